The van der Waals surface area contributed by atoms with E-state index in [1.807, 2.05) is 11.3 Å². The lowest BCUT2D eigenvalue weighted by atomic mass is 9.92. The van der Waals surface area contributed by atoms with Crippen LogP contribution in [0, 0.1) is 0 Å². The van der Waals surface area contributed by atoms with Gasteiger partial charge in [0.1, 0.15) is 0 Å². The maximum Gasteiger partial charge on any atom is 0.228 e. The number of fused-ring (bicyclic) bond motifs is 4. The van der Waals surface area contributed by atoms with Gasteiger partial charge in [0.25, 0.3) is 0 Å². The molecule has 0 saturated carbocycles. The number of hydrogen-bond donors (Lipinski definition) is 0. The minimum Gasteiger partial charge on any atom is -0.159 e. The van der Waals surface area contributed by atoms with Crippen LogP contribution in [0.4, 0.5) is 0 Å². The van der Waals surface area contributed by atoms with Crippen molar-refractivity contribution in [1.82, 2.24) is 0 Å². The molecule has 0 atom stereocenters. The second-order valence-electron chi connectivity index (χ2n) is 6.84. The Hall–Kier alpha value is -3.01. The van der Waals surface area contributed by atoms with Crippen molar-refractivity contribution in [3.05, 3.63) is 95.8 Å². The average Bonchev–Trinajstić information content (AvgIpc) is 3.46. The van der Waals surface area contributed by atoms with Crippen molar-refractivity contribution in [1.29, 1.82) is 0 Å². The molecule has 6 aromatic rings. The third-order valence-electron chi connectivity index (χ3n) is 5.32. The fourth-order valence-electron chi connectivity index (χ4n) is 4.18. The molecule has 4 aromatic heterocycles. The smallest absolute Gasteiger partial charge is 0.159 e. The Labute approximate surface area is 170 Å². The molecule has 132 valence electrons. The summed E-state index contributed by atoms with van der Waals surface area (Å²) in [5, 5.41) is 8.26. The summed E-state index contributed by atoms with van der Waals surface area (Å²) < 4.78 is 2.34. The number of aromatic nitrogens is 1. The van der Waals surface area contributed by atoms with E-state index in [0.717, 1.165) is 0 Å². The van der Waals surface area contributed by atoms with Crippen molar-refractivity contribution >= 4 is 49.9 Å². The molecule has 0 saturated heterocycles. The van der Waals surface area contributed by atoms with Crippen LogP contribution in [0.1, 0.15) is 0 Å². The van der Waals surface area contributed by atoms with E-state index >= 15 is 0 Å². The van der Waals surface area contributed by atoms with Crippen molar-refractivity contribution in [2.24, 2.45) is 0 Å². The van der Waals surface area contributed by atoms with Crippen LogP contribution < -0.4 is 4.40 Å². The fourth-order valence-corrected chi connectivity index (χ4v) is 5.76. The highest BCUT2D eigenvalue weighted by Gasteiger charge is 2.23. The number of pyridine rings is 2. The maximum absolute atomic E-state index is 2.34. The molecule has 0 aliphatic rings. The summed E-state index contributed by atoms with van der Waals surface area (Å²) in [6.07, 6.45) is 2.18. The van der Waals surface area contributed by atoms with Gasteiger partial charge in [-0.1, -0.05) is 36.4 Å². The van der Waals surface area contributed by atoms with Gasteiger partial charge in [0, 0.05) is 33.5 Å². The van der Waals surface area contributed by atoms with E-state index in [1.165, 1.54) is 48.1 Å². The molecule has 1 nitrogen and oxygen atoms in total. The van der Waals surface area contributed by atoms with E-state index in [1.54, 1.807) is 11.3 Å². The van der Waals surface area contributed by atoms with E-state index in [9.17, 15) is 0 Å². The highest BCUT2D eigenvalue weighted by atomic mass is 32.1. The second-order valence-corrected chi connectivity index (χ2v) is 8.74. The second kappa shape index (κ2) is 6.26. The monoisotopic (exact) mass is 394 g/mol. The zero-order valence-corrected chi connectivity index (χ0v) is 16.6. The van der Waals surface area contributed by atoms with Crippen LogP contribution in [0.5, 0.6) is 0 Å². The number of hydrogen-bond acceptors (Lipinski definition) is 2. The molecule has 3 heteroatoms. The van der Waals surface area contributed by atoms with Gasteiger partial charge in [0.15, 0.2) is 6.20 Å². The largest absolute Gasteiger partial charge is 0.228 e. The van der Waals surface area contributed by atoms with Crippen LogP contribution in [0.25, 0.3) is 48.1 Å². The molecule has 0 N–H and O–H groups in total. The highest BCUT2D eigenvalue weighted by Crippen LogP contribution is 2.44. The van der Waals surface area contributed by atoms with Gasteiger partial charge in [-0.05, 0) is 45.8 Å². The molecular formula is C25H16NS2+. The van der Waals surface area contributed by atoms with Gasteiger partial charge >= 0.3 is 0 Å². The summed E-state index contributed by atoms with van der Waals surface area (Å²) in [4.78, 5) is 2.62. The van der Waals surface area contributed by atoms with Crippen molar-refractivity contribution in [2.45, 2.75) is 0 Å². The lowest BCUT2D eigenvalue weighted by Gasteiger charge is -2.13. The van der Waals surface area contributed by atoms with Crippen molar-refractivity contribution < 1.29 is 4.40 Å². The topological polar surface area (TPSA) is 4.10 Å². The summed E-state index contributed by atoms with van der Waals surface area (Å²) in [5.41, 5.74) is 5.14. The molecule has 0 amide bonds. The standard InChI is InChI=1S/C25H16NS2/c1-2-9-19-18(8-1)23(21-10-5-15-27-21)20-13-12-17-7-3-4-14-26(17)25(20)24(19)22-11-6-16-28-22/h1-16H/q+1. The third kappa shape index (κ3) is 2.27. The fraction of sp³-hybridized carbons (Fsp3) is 0. The molecule has 28 heavy (non-hydrogen) atoms. The molecular weight excluding hydrogens is 378 g/mol. The molecule has 0 bridgehead atoms. The van der Waals surface area contributed by atoms with Gasteiger partial charge in [-0.15, -0.1) is 22.7 Å². The molecule has 0 fully saturated rings. The molecule has 6 rings (SSSR count). The lowest BCUT2D eigenvalue weighted by molar-refractivity contribution is -0.481. The first kappa shape index (κ1) is 16.0. The summed E-state index contributed by atoms with van der Waals surface area (Å²) in [5.74, 6) is 0. The average molecular weight is 395 g/mol. The predicted octanol–water partition coefficient (Wildman–Crippen LogP) is 7.19. The van der Waals surface area contributed by atoms with Crippen LogP contribution in [-0.2, 0) is 0 Å². The van der Waals surface area contributed by atoms with Gasteiger partial charge in [0.2, 0.25) is 11.0 Å². The third-order valence-corrected chi connectivity index (χ3v) is 7.09. The van der Waals surface area contributed by atoms with Crippen molar-refractivity contribution in [3.63, 3.8) is 0 Å². The first-order valence-corrected chi connectivity index (χ1v) is 11.0. The van der Waals surface area contributed by atoms with Crippen molar-refractivity contribution in [2.75, 3.05) is 0 Å². The Morgan fingerprint density at radius 3 is 1.93 bits per heavy atom. The Bertz CT molecular complexity index is 1450. The van der Waals surface area contributed by atoms with Crippen LogP contribution in [0.2, 0.25) is 0 Å². The molecule has 2 aromatic carbocycles. The predicted molar refractivity (Wildman–Crippen MR) is 121 cm³/mol. The zero-order chi connectivity index (χ0) is 18.5. The van der Waals surface area contributed by atoms with Crippen molar-refractivity contribution in [3.8, 4) is 20.9 Å². The Kier molecular flexibility index (Phi) is 3.58. The van der Waals surface area contributed by atoms with E-state index < -0.39 is 0 Å². The molecule has 0 spiro atoms. The molecule has 0 aliphatic heterocycles. The SMILES string of the molecule is c1csc(-c2c3ccccc3c(-c3cccs3)c3c2ccc2cccc[n+]23)c1. The first-order chi connectivity index (χ1) is 13.9. The Morgan fingerprint density at radius 2 is 1.21 bits per heavy atom. The van der Waals surface area contributed by atoms with Crippen LogP contribution in [0.15, 0.2) is 95.8 Å². The van der Waals surface area contributed by atoms with E-state index in [-0.39, 0.29) is 0 Å². The first-order valence-electron chi connectivity index (χ1n) is 9.27. The Balaban J connectivity index is 1.96. The van der Waals surface area contributed by atoms with Gasteiger partial charge in [-0.25, -0.2) is 0 Å². The van der Waals surface area contributed by atoms with Crippen LogP contribution >= 0.6 is 22.7 Å². The number of rotatable bonds is 2. The summed E-state index contributed by atoms with van der Waals surface area (Å²) in [6.45, 7) is 0. The lowest BCUT2D eigenvalue weighted by Crippen LogP contribution is -2.22. The van der Waals surface area contributed by atoms with E-state index in [0.29, 0.717) is 0 Å². The van der Waals surface area contributed by atoms with Gasteiger partial charge < -0.3 is 0 Å². The van der Waals surface area contributed by atoms with E-state index in [2.05, 4.69) is 100 Å². The zero-order valence-electron chi connectivity index (χ0n) is 15.0. The summed E-state index contributed by atoms with van der Waals surface area (Å²) >= 11 is 3.61. The van der Waals surface area contributed by atoms with Crippen LogP contribution in [-0.4, -0.2) is 0 Å². The number of thiophene rings is 2. The van der Waals surface area contributed by atoms with Gasteiger partial charge in [-0.2, -0.15) is 4.40 Å². The van der Waals surface area contributed by atoms with Gasteiger partial charge in [0.05, 0.1) is 10.9 Å². The highest BCUT2D eigenvalue weighted by molar-refractivity contribution is 7.14. The molecule has 0 aliphatic carbocycles. The number of nitrogens with zero attached hydrogens (tertiary/aromatic N) is 1. The molecule has 0 unspecified atom stereocenters. The van der Waals surface area contributed by atoms with E-state index in [4.69, 9.17) is 0 Å². The number of benzene rings is 2. The van der Waals surface area contributed by atoms with Gasteiger partial charge in [-0.3, -0.25) is 0 Å². The minimum atomic E-state index is 1.21. The quantitative estimate of drug-likeness (QED) is 0.166. The molecule has 0 radical (unpaired) electrons. The summed E-state index contributed by atoms with van der Waals surface area (Å²) in [6, 6.07) is 28.5. The minimum absolute atomic E-state index is 1.21. The Morgan fingerprint density at radius 1 is 0.536 bits per heavy atom. The maximum atomic E-state index is 2.34. The normalized spacial score (nSPS) is 11.6. The van der Waals surface area contributed by atoms with Crippen LogP contribution in [0.3, 0.4) is 0 Å². The summed E-state index contributed by atoms with van der Waals surface area (Å²) in [7, 11) is 0. The molecule has 4 heterocycles.